The van der Waals surface area contributed by atoms with Gasteiger partial charge in [-0.2, -0.15) is 0 Å². The highest BCUT2D eigenvalue weighted by molar-refractivity contribution is 5.91. The van der Waals surface area contributed by atoms with Gasteiger partial charge in [0.15, 0.2) is 5.69 Å². The monoisotopic (exact) mass is 203 g/mol. The third-order valence-corrected chi connectivity index (χ3v) is 2.08. The Morgan fingerprint density at radius 1 is 1.47 bits per heavy atom. The van der Waals surface area contributed by atoms with E-state index in [1.165, 1.54) is 17.6 Å². The van der Waals surface area contributed by atoms with Gasteiger partial charge < -0.3 is 5.32 Å². The molecule has 0 saturated carbocycles. The fraction of sp³-hybridized carbons (Fsp3) is 0.100. The summed E-state index contributed by atoms with van der Waals surface area (Å²) < 4.78 is 1.39. The SMILES string of the molecule is CNC(=O)c1ncc2ccccn2c1=O. The Hall–Kier alpha value is -2.17. The minimum Gasteiger partial charge on any atom is -0.354 e. The Bertz CT molecular complexity index is 574. The molecule has 76 valence electrons. The highest BCUT2D eigenvalue weighted by Gasteiger charge is 2.11. The number of amides is 1. The number of nitrogens with zero attached hydrogens (tertiary/aromatic N) is 2. The van der Waals surface area contributed by atoms with Crippen molar-refractivity contribution in [3.63, 3.8) is 0 Å². The largest absolute Gasteiger partial charge is 0.354 e. The van der Waals surface area contributed by atoms with Crippen molar-refractivity contribution < 1.29 is 4.79 Å². The first-order valence-corrected chi connectivity index (χ1v) is 4.42. The normalized spacial score (nSPS) is 10.2. The van der Waals surface area contributed by atoms with E-state index >= 15 is 0 Å². The molecule has 0 spiro atoms. The van der Waals surface area contributed by atoms with Gasteiger partial charge >= 0.3 is 0 Å². The van der Waals surface area contributed by atoms with Crippen molar-refractivity contribution in [2.24, 2.45) is 0 Å². The zero-order valence-electron chi connectivity index (χ0n) is 8.10. The van der Waals surface area contributed by atoms with Gasteiger partial charge in [-0.3, -0.25) is 14.0 Å². The summed E-state index contributed by atoms with van der Waals surface area (Å²) in [7, 11) is 1.46. The molecule has 0 aliphatic carbocycles. The van der Waals surface area contributed by atoms with Crippen molar-refractivity contribution in [2.75, 3.05) is 7.05 Å². The summed E-state index contributed by atoms with van der Waals surface area (Å²) in [4.78, 5) is 26.9. The van der Waals surface area contributed by atoms with Gasteiger partial charge in [0.25, 0.3) is 11.5 Å². The number of carbonyl (C=O) groups is 1. The van der Waals surface area contributed by atoms with Crippen molar-refractivity contribution in [3.05, 3.63) is 46.6 Å². The zero-order chi connectivity index (χ0) is 10.8. The van der Waals surface area contributed by atoms with Crippen molar-refractivity contribution in [1.29, 1.82) is 0 Å². The van der Waals surface area contributed by atoms with Crippen LogP contribution in [0.25, 0.3) is 5.52 Å². The maximum Gasteiger partial charge on any atom is 0.286 e. The number of carbonyl (C=O) groups excluding carboxylic acids is 1. The Balaban J connectivity index is 2.76. The molecule has 0 atom stereocenters. The second-order valence-electron chi connectivity index (χ2n) is 2.99. The Morgan fingerprint density at radius 3 is 3.00 bits per heavy atom. The van der Waals surface area contributed by atoms with Gasteiger partial charge in [0.05, 0.1) is 11.7 Å². The Labute approximate surface area is 85.4 Å². The molecule has 1 N–H and O–H groups in total. The smallest absolute Gasteiger partial charge is 0.286 e. The number of aromatic nitrogens is 2. The quantitative estimate of drug-likeness (QED) is 0.712. The molecule has 2 aromatic heterocycles. The first kappa shape index (κ1) is 9.39. The molecule has 2 rings (SSSR count). The van der Waals surface area contributed by atoms with Gasteiger partial charge in [-0.05, 0) is 12.1 Å². The summed E-state index contributed by atoms with van der Waals surface area (Å²) in [6.07, 6.45) is 3.10. The van der Waals surface area contributed by atoms with E-state index in [4.69, 9.17) is 0 Å². The third kappa shape index (κ3) is 1.48. The standard InChI is InChI=1S/C10H9N3O2/c1-11-9(14)8-10(15)13-5-3-2-4-7(13)6-12-8/h2-6H,1H3,(H,11,14). The van der Waals surface area contributed by atoms with Crippen LogP contribution in [0.4, 0.5) is 0 Å². The molecular formula is C10H9N3O2. The van der Waals surface area contributed by atoms with Crippen molar-refractivity contribution >= 4 is 11.4 Å². The molecule has 0 radical (unpaired) electrons. The molecule has 0 unspecified atom stereocenters. The van der Waals surface area contributed by atoms with E-state index in [2.05, 4.69) is 10.3 Å². The average molecular weight is 203 g/mol. The molecule has 0 bridgehead atoms. The van der Waals surface area contributed by atoms with Crippen molar-refractivity contribution in [2.45, 2.75) is 0 Å². The van der Waals surface area contributed by atoms with Gasteiger partial charge in [-0.25, -0.2) is 4.98 Å². The molecule has 2 aromatic rings. The second kappa shape index (κ2) is 3.53. The number of pyridine rings is 1. The lowest BCUT2D eigenvalue weighted by Gasteiger charge is -2.01. The molecule has 0 aliphatic rings. The van der Waals surface area contributed by atoms with E-state index in [9.17, 15) is 9.59 Å². The van der Waals surface area contributed by atoms with Crippen LogP contribution in [0.3, 0.4) is 0 Å². The summed E-state index contributed by atoms with van der Waals surface area (Å²) in [5.41, 5.74) is 0.156. The van der Waals surface area contributed by atoms with Crippen LogP contribution in [-0.2, 0) is 0 Å². The summed E-state index contributed by atoms with van der Waals surface area (Å²) in [6.45, 7) is 0. The van der Waals surface area contributed by atoms with Crippen molar-refractivity contribution in [3.8, 4) is 0 Å². The predicted molar refractivity (Wildman–Crippen MR) is 54.9 cm³/mol. The Morgan fingerprint density at radius 2 is 2.27 bits per heavy atom. The molecule has 0 saturated heterocycles. The van der Waals surface area contributed by atoms with E-state index in [1.807, 2.05) is 0 Å². The summed E-state index contributed by atoms with van der Waals surface area (Å²) >= 11 is 0. The molecule has 0 aromatic carbocycles. The van der Waals surface area contributed by atoms with Crippen LogP contribution in [0.15, 0.2) is 35.4 Å². The van der Waals surface area contributed by atoms with Crippen LogP contribution < -0.4 is 10.9 Å². The third-order valence-electron chi connectivity index (χ3n) is 2.08. The highest BCUT2D eigenvalue weighted by Crippen LogP contribution is 1.97. The predicted octanol–water partition coefficient (Wildman–Crippen LogP) is 0.0541. The van der Waals surface area contributed by atoms with Crippen molar-refractivity contribution in [1.82, 2.24) is 14.7 Å². The van der Waals surface area contributed by atoms with Gasteiger partial charge in [-0.1, -0.05) is 6.07 Å². The van der Waals surface area contributed by atoms with E-state index < -0.39 is 11.5 Å². The number of fused-ring (bicyclic) bond motifs is 1. The van der Waals surface area contributed by atoms with Gasteiger partial charge in [0.2, 0.25) is 0 Å². The first-order chi connectivity index (χ1) is 7.24. The second-order valence-corrected chi connectivity index (χ2v) is 2.99. The van der Waals surface area contributed by atoms with E-state index in [0.29, 0.717) is 5.52 Å². The maximum absolute atomic E-state index is 11.8. The molecular weight excluding hydrogens is 194 g/mol. The molecule has 1 amide bonds. The minimum atomic E-state index is -0.474. The molecule has 2 heterocycles. The van der Waals surface area contributed by atoms with Gasteiger partial charge in [0, 0.05) is 13.2 Å². The summed E-state index contributed by atoms with van der Waals surface area (Å²) in [5, 5.41) is 2.37. The summed E-state index contributed by atoms with van der Waals surface area (Å²) in [5.74, 6) is -0.474. The fourth-order valence-electron chi connectivity index (χ4n) is 1.32. The fourth-order valence-corrected chi connectivity index (χ4v) is 1.32. The number of hydrogen-bond acceptors (Lipinski definition) is 3. The van der Waals surface area contributed by atoms with Crippen LogP contribution in [0, 0.1) is 0 Å². The molecule has 5 heteroatoms. The summed E-state index contributed by atoms with van der Waals surface area (Å²) in [6, 6.07) is 5.28. The minimum absolute atomic E-state index is 0.0961. The van der Waals surface area contributed by atoms with Crippen LogP contribution in [0.1, 0.15) is 10.5 Å². The molecule has 0 aliphatic heterocycles. The van der Waals surface area contributed by atoms with E-state index in [0.717, 1.165) is 0 Å². The molecule has 0 fully saturated rings. The van der Waals surface area contributed by atoms with E-state index in [-0.39, 0.29) is 5.69 Å². The van der Waals surface area contributed by atoms with Crippen LogP contribution in [0.2, 0.25) is 0 Å². The van der Waals surface area contributed by atoms with Gasteiger partial charge in [0.1, 0.15) is 0 Å². The lowest BCUT2D eigenvalue weighted by molar-refractivity contribution is 0.0956. The number of hydrogen-bond donors (Lipinski definition) is 1. The lowest BCUT2D eigenvalue weighted by atomic mass is 10.3. The Kier molecular flexibility index (Phi) is 2.21. The van der Waals surface area contributed by atoms with Crippen LogP contribution in [0.5, 0.6) is 0 Å². The maximum atomic E-state index is 11.8. The van der Waals surface area contributed by atoms with Crippen LogP contribution >= 0.6 is 0 Å². The van der Waals surface area contributed by atoms with E-state index in [1.54, 1.807) is 24.4 Å². The van der Waals surface area contributed by atoms with Gasteiger partial charge in [-0.15, -0.1) is 0 Å². The number of rotatable bonds is 1. The molecule has 5 nitrogen and oxygen atoms in total. The molecule has 15 heavy (non-hydrogen) atoms. The topological polar surface area (TPSA) is 63.5 Å². The zero-order valence-corrected chi connectivity index (χ0v) is 8.10. The number of nitrogens with one attached hydrogen (secondary N) is 1. The van der Waals surface area contributed by atoms with Crippen LogP contribution in [-0.4, -0.2) is 22.3 Å². The first-order valence-electron chi connectivity index (χ1n) is 4.42. The average Bonchev–Trinajstić information content (AvgIpc) is 2.29. The highest BCUT2D eigenvalue weighted by atomic mass is 16.2. The lowest BCUT2D eigenvalue weighted by Crippen LogP contribution is -2.30.